The van der Waals surface area contributed by atoms with Gasteiger partial charge < -0.3 is 14.6 Å². The first kappa shape index (κ1) is 10.5. The van der Waals surface area contributed by atoms with E-state index in [0.29, 0.717) is 13.0 Å². The molecule has 0 aromatic heterocycles. The first-order chi connectivity index (χ1) is 7.68. The number of rotatable bonds is 3. The Balaban J connectivity index is 2.20. The van der Waals surface area contributed by atoms with Crippen LogP contribution in [0.1, 0.15) is 16.8 Å². The second-order valence-electron chi connectivity index (χ2n) is 3.36. The van der Waals surface area contributed by atoms with Gasteiger partial charge in [-0.3, -0.25) is 0 Å². The van der Waals surface area contributed by atoms with Crippen LogP contribution in [-0.2, 0) is 9.53 Å². The minimum absolute atomic E-state index is 0.0437. The largest absolute Gasteiger partial charge is 0.478 e. The van der Waals surface area contributed by atoms with Crippen LogP contribution in [0.3, 0.4) is 0 Å². The molecule has 1 aliphatic rings. The molecular weight excluding hydrogens is 212 g/mol. The van der Waals surface area contributed by atoms with E-state index in [1.165, 1.54) is 12.1 Å². The van der Waals surface area contributed by atoms with Crippen molar-refractivity contribution in [3.05, 3.63) is 29.8 Å². The predicted octanol–water partition coefficient (Wildman–Crippen LogP) is 1.08. The number of esters is 1. The molecule has 0 saturated carbocycles. The van der Waals surface area contributed by atoms with Crippen molar-refractivity contribution in [1.82, 2.24) is 0 Å². The normalized spacial score (nSPS) is 19.2. The van der Waals surface area contributed by atoms with Crippen molar-refractivity contribution in [1.29, 1.82) is 0 Å². The maximum Gasteiger partial charge on any atom is 0.347 e. The third kappa shape index (κ3) is 1.98. The number of para-hydroxylation sites is 1. The van der Waals surface area contributed by atoms with Crippen LogP contribution in [0.4, 0.5) is 0 Å². The lowest BCUT2D eigenvalue weighted by Gasteiger charge is -2.11. The molecule has 1 saturated heterocycles. The van der Waals surface area contributed by atoms with Crippen LogP contribution in [-0.4, -0.2) is 29.8 Å². The van der Waals surface area contributed by atoms with Gasteiger partial charge in [-0.2, -0.15) is 0 Å². The van der Waals surface area contributed by atoms with Crippen LogP contribution >= 0.6 is 0 Å². The number of benzene rings is 1. The first-order valence-corrected chi connectivity index (χ1v) is 4.84. The average molecular weight is 222 g/mol. The topological polar surface area (TPSA) is 72.8 Å². The van der Waals surface area contributed by atoms with Crippen LogP contribution in [0.5, 0.6) is 5.75 Å². The Labute approximate surface area is 91.6 Å². The molecule has 0 spiro atoms. The van der Waals surface area contributed by atoms with Gasteiger partial charge in [-0.05, 0) is 12.1 Å². The molecule has 1 aromatic carbocycles. The molecule has 5 nitrogen and oxygen atoms in total. The number of ether oxygens (including phenoxy) is 2. The van der Waals surface area contributed by atoms with Crippen molar-refractivity contribution in [3.8, 4) is 5.75 Å². The molecule has 1 aromatic rings. The Kier molecular flexibility index (Phi) is 2.76. The van der Waals surface area contributed by atoms with Gasteiger partial charge in [-0.25, -0.2) is 9.59 Å². The SMILES string of the molecule is O=C(O)c1ccccc1OC1CCOC1=O. The van der Waals surface area contributed by atoms with Gasteiger partial charge in [0.25, 0.3) is 0 Å². The molecule has 16 heavy (non-hydrogen) atoms. The maximum absolute atomic E-state index is 11.2. The van der Waals surface area contributed by atoms with E-state index >= 15 is 0 Å². The lowest BCUT2D eigenvalue weighted by Crippen LogP contribution is -2.22. The Hall–Kier alpha value is -2.04. The Morgan fingerprint density at radius 1 is 1.44 bits per heavy atom. The zero-order valence-electron chi connectivity index (χ0n) is 8.38. The highest BCUT2D eigenvalue weighted by Crippen LogP contribution is 2.22. The van der Waals surface area contributed by atoms with Gasteiger partial charge in [-0.1, -0.05) is 12.1 Å². The van der Waals surface area contributed by atoms with E-state index in [1.54, 1.807) is 12.1 Å². The minimum atomic E-state index is -1.08. The second kappa shape index (κ2) is 4.22. The summed E-state index contributed by atoms with van der Waals surface area (Å²) in [6.07, 6.45) is -0.243. The molecule has 1 aliphatic heterocycles. The predicted molar refractivity (Wildman–Crippen MR) is 53.4 cm³/mol. The van der Waals surface area contributed by atoms with E-state index in [0.717, 1.165) is 0 Å². The molecule has 1 fully saturated rings. The Bertz CT molecular complexity index is 426. The second-order valence-corrected chi connectivity index (χ2v) is 3.36. The van der Waals surface area contributed by atoms with Gasteiger partial charge in [0, 0.05) is 6.42 Å². The monoisotopic (exact) mass is 222 g/mol. The van der Waals surface area contributed by atoms with E-state index in [-0.39, 0.29) is 11.3 Å². The van der Waals surface area contributed by atoms with Crippen molar-refractivity contribution < 1.29 is 24.2 Å². The zero-order valence-corrected chi connectivity index (χ0v) is 8.38. The summed E-state index contributed by atoms with van der Waals surface area (Å²) in [5, 5.41) is 8.91. The van der Waals surface area contributed by atoms with E-state index in [4.69, 9.17) is 14.6 Å². The lowest BCUT2D eigenvalue weighted by atomic mass is 10.2. The third-order valence-corrected chi connectivity index (χ3v) is 2.27. The molecule has 1 N–H and O–H groups in total. The summed E-state index contributed by atoms with van der Waals surface area (Å²) in [7, 11) is 0. The number of aromatic carboxylic acids is 1. The third-order valence-electron chi connectivity index (χ3n) is 2.27. The number of carboxylic acids is 1. The molecule has 2 rings (SSSR count). The number of carbonyl (C=O) groups is 2. The molecule has 1 heterocycles. The van der Waals surface area contributed by atoms with Gasteiger partial charge in [0.15, 0.2) is 6.10 Å². The van der Waals surface area contributed by atoms with Crippen molar-refractivity contribution in [2.45, 2.75) is 12.5 Å². The smallest absolute Gasteiger partial charge is 0.347 e. The standard InChI is InChI=1S/C11H10O5/c12-10(13)7-3-1-2-4-8(7)16-9-5-6-15-11(9)14/h1-4,9H,5-6H2,(H,12,13). The number of carbonyl (C=O) groups excluding carboxylic acids is 1. The summed E-state index contributed by atoms with van der Waals surface area (Å²) in [4.78, 5) is 22.0. The van der Waals surface area contributed by atoms with E-state index in [9.17, 15) is 9.59 Å². The molecular formula is C11H10O5. The number of carboxylic acid groups (broad SMARTS) is 1. The number of cyclic esters (lactones) is 1. The van der Waals surface area contributed by atoms with Crippen molar-refractivity contribution in [2.75, 3.05) is 6.61 Å². The van der Waals surface area contributed by atoms with Gasteiger partial charge in [-0.15, -0.1) is 0 Å². The maximum atomic E-state index is 11.2. The summed E-state index contributed by atoms with van der Waals surface area (Å²) in [5.74, 6) is -1.33. The van der Waals surface area contributed by atoms with Gasteiger partial charge >= 0.3 is 11.9 Å². The van der Waals surface area contributed by atoms with Crippen LogP contribution < -0.4 is 4.74 Å². The highest BCUT2D eigenvalue weighted by atomic mass is 16.6. The van der Waals surface area contributed by atoms with Gasteiger partial charge in [0.1, 0.15) is 11.3 Å². The van der Waals surface area contributed by atoms with Crippen LogP contribution in [0.2, 0.25) is 0 Å². The summed E-state index contributed by atoms with van der Waals surface area (Å²) in [6, 6.07) is 6.21. The first-order valence-electron chi connectivity index (χ1n) is 4.84. The van der Waals surface area contributed by atoms with E-state index in [2.05, 4.69) is 0 Å². The van der Waals surface area contributed by atoms with Crippen molar-refractivity contribution >= 4 is 11.9 Å². The van der Waals surface area contributed by atoms with E-state index in [1.807, 2.05) is 0 Å². The van der Waals surface area contributed by atoms with Gasteiger partial charge in [0.05, 0.1) is 6.61 Å². The molecule has 0 amide bonds. The van der Waals surface area contributed by atoms with Crippen LogP contribution in [0, 0.1) is 0 Å². The molecule has 5 heteroatoms. The van der Waals surface area contributed by atoms with Gasteiger partial charge in [0.2, 0.25) is 0 Å². The fourth-order valence-corrected chi connectivity index (χ4v) is 1.48. The average Bonchev–Trinajstić information content (AvgIpc) is 2.65. The van der Waals surface area contributed by atoms with E-state index < -0.39 is 18.0 Å². The molecule has 0 radical (unpaired) electrons. The summed E-state index contributed by atoms with van der Waals surface area (Å²) < 4.78 is 10.1. The Morgan fingerprint density at radius 3 is 2.81 bits per heavy atom. The number of hydrogen-bond donors (Lipinski definition) is 1. The zero-order chi connectivity index (χ0) is 11.5. The highest BCUT2D eigenvalue weighted by molar-refractivity contribution is 5.91. The lowest BCUT2D eigenvalue weighted by molar-refractivity contribution is -0.143. The quantitative estimate of drug-likeness (QED) is 0.774. The molecule has 1 unspecified atom stereocenters. The minimum Gasteiger partial charge on any atom is -0.478 e. The molecule has 0 aliphatic carbocycles. The molecule has 84 valence electrons. The van der Waals surface area contributed by atoms with Crippen LogP contribution in [0.15, 0.2) is 24.3 Å². The summed E-state index contributed by atoms with van der Waals surface area (Å²) in [6.45, 7) is 0.318. The fraction of sp³-hybridized carbons (Fsp3) is 0.273. The summed E-state index contributed by atoms with van der Waals surface area (Å²) >= 11 is 0. The van der Waals surface area contributed by atoms with Crippen molar-refractivity contribution in [2.24, 2.45) is 0 Å². The highest BCUT2D eigenvalue weighted by Gasteiger charge is 2.29. The van der Waals surface area contributed by atoms with Crippen LogP contribution in [0.25, 0.3) is 0 Å². The van der Waals surface area contributed by atoms with Crippen molar-refractivity contribution in [3.63, 3.8) is 0 Å². The fourth-order valence-electron chi connectivity index (χ4n) is 1.48. The summed E-state index contributed by atoms with van der Waals surface area (Å²) in [5.41, 5.74) is 0.0437. The molecule has 1 atom stereocenters. The Morgan fingerprint density at radius 2 is 2.19 bits per heavy atom. The molecule has 0 bridgehead atoms. The number of hydrogen-bond acceptors (Lipinski definition) is 4.